The first-order valence-electron chi connectivity index (χ1n) is 5.36. The van der Waals surface area contributed by atoms with Gasteiger partial charge in [-0.05, 0) is 25.0 Å². The van der Waals surface area contributed by atoms with Crippen molar-refractivity contribution in [3.05, 3.63) is 34.3 Å². The number of nitrogens with two attached hydrogens (primary N) is 1. The van der Waals surface area contributed by atoms with E-state index in [1.54, 1.807) is 0 Å². The molecule has 1 rings (SSSR count). The molecule has 1 amide bonds. The molecule has 96 valence electrons. The van der Waals surface area contributed by atoms with E-state index < -0.39 is 0 Å². The van der Waals surface area contributed by atoms with Gasteiger partial charge in [-0.3, -0.25) is 4.79 Å². The largest absolute Gasteiger partial charge is 0.353 e. The van der Waals surface area contributed by atoms with Crippen molar-refractivity contribution in [1.82, 2.24) is 5.32 Å². The van der Waals surface area contributed by atoms with Crippen LogP contribution in [0.3, 0.4) is 0 Å². The van der Waals surface area contributed by atoms with Crippen LogP contribution in [0.2, 0.25) is 0 Å². The minimum Gasteiger partial charge on any atom is -0.353 e. The minimum absolute atomic E-state index is 0. The number of benzene rings is 1. The van der Waals surface area contributed by atoms with Gasteiger partial charge in [-0.2, -0.15) is 0 Å². The van der Waals surface area contributed by atoms with Crippen LogP contribution in [0.1, 0.15) is 18.9 Å². The smallest absolute Gasteiger partial charge is 0.221 e. The Hall–Kier alpha value is -0.580. The van der Waals surface area contributed by atoms with E-state index in [0.717, 1.165) is 10.9 Å². The third-order valence-corrected chi connectivity index (χ3v) is 3.04. The van der Waals surface area contributed by atoms with E-state index in [-0.39, 0.29) is 24.4 Å². The van der Waals surface area contributed by atoms with Gasteiger partial charge in [0.1, 0.15) is 0 Å². The van der Waals surface area contributed by atoms with Gasteiger partial charge in [0, 0.05) is 23.5 Å². The summed E-state index contributed by atoms with van der Waals surface area (Å²) in [6.07, 6.45) is 1.21. The van der Waals surface area contributed by atoms with Gasteiger partial charge in [0.2, 0.25) is 5.91 Å². The zero-order valence-corrected chi connectivity index (χ0v) is 12.2. The molecule has 1 atom stereocenters. The number of hydrogen-bond donors (Lipinski definition) is 2. The van der Waals surface area contributed by atoms with Crippen molar-refractivity contribution in [2.75, 3.05) is 6.54 Å². The predicted octanol–water partition coefficient (Wildman–Crippen LogP) is 2.27. The fourth-order valence-corrected chi connectivity index (χ4v) is 1.97. The summed E-state index contributed by atoms with van der Waals surface area (Å²) < 4.78 is 1.08. The molecule has 0 saturated heterocycles. The monoisotopic (exact) mass is 320 g/mol. The van der Waals surface area contributed by atoms with Gasteiger partial charge in [-0.15, -0.1) is 12.4 Å². The van der Waals surface area contributed by atoms with E-state index in [9.17, 15) is 4.79 Å². The summed E-state index contributed by atoms with van der Waals surface area (Å²) in [5.74, 6) is 0.0158. The molecule has 1 aromatic carbocycles. The Morgan fingerprint density at radius 2 is 2.12 bits per heavy atom. The Morgan fingerprint density at radius 3 is 2.71 bits per heavy atom. The number of hydrogen-bond acceptors (Lipinski definition) is 2. The molecule has 0 aliphatic carbocycles. The lowest BCUT2D eigenvalue weighted by Gasteiger charge is -2.14. The summed E-state index contributed by atoms with van der Waals surface area (Å²) in [4.78, 5) is 11.3. The maximum atomic E-state index is 11.3. The van der Waals surface area contributed by atoms with Crippen molar-refractivity contribution in [1.29, 1.82) is 0 Å². The van der Waals surface area contributed by atoms with Crippen molar-refractivity contribution >= 4 is 34.2 Å². The summed E-state index contributed by atoms with van der Waals surface area (Å²) in [5.41, 5.74) is 6.51. The highest BCUT2D eigenvalue weighted by Gasteiger charge is 2.08. The molecule has 0 aliphatic heterocycles. The molecule has 0 radical (unpaired) electrons. The maximum Gasteiger partial charge on any atom is 0.221 e. The Morgan fingerprint density at radius 1 is 1.47 bits per heavy atom. The molecule has 0 saturated carbocycles. The fourth-order valence-electron chi connectivity index (χ4n) is 1.52. The highest BCUT2D eigenvalue weighted by molar-refractivity contribution is 9.10. The molecule has 0 fully saturated rings. The van der Waals surface area contributed by atoms with E-state index in [1.807, 2.05) is 25.1 Å². The summed E-state index contributed by atoms with van der Waals surface area (Å²) in [5, 5.41) is 2.92. The van der Waals surface area contributed by atoms with Gasteiger partial charge in [-0.1, -0.05) is 34.1 Å². The Bertz CT molecular complexity index is 360. The second-order valence-corrected chi connectivity index (χ2v) is 4.66. The van der Waals surface area contributed by atoms with Crippen LogP contribution >= 0.6 is 28.3 Å². The van der Waals surface area contributed by atoms with Gasteiger partial charge < -0.3 is 11.1 Å². The molecule has 17 heavy (non-hydrogen) atoms. The molecule has 0 spiro atoms. The van der Waals surface area contributed by atoms with E-state index in [1.165, 1.54) is 5.56 Å². The molecule has 0 aliphatic rings. The van der Waals surface area contributed by atoms with Crippen LogP contribution in [0.5, 0.6) is 0 Å². The second kappa shape index (κ2) is 8.50. The molecule has 1 unspecified atom stereocenters. The molecule has 0 heterocycles. The minimum atomic E-state index is 0. The highest BCUT2D eigenvalue weighted by atomic mass is 79.9. The summed E-state index contributed by atoms with van der Waals surface area (Å²) in [6, 6.07) is 8.15. The van der Waals surface area contributed by atoms with Crippen LogP contribution in [0.4, 0.5) is 0 Å². The van der Waals surface area contributed by atoms with Gasteiger partial charge in [0.25, 0.3) is 0 Å². The van der Waals surface area contributed by atoms with Crippen molar-refractivity contribution in [2.45, 2.75) is 25.8 Å². The summed E-state index contributed by atoms with van der Waals surface area (Å²) in [7, 11) is 0. The third kappa shape index (κ3) is 6.05. The van der Waals surface area contributed by atoms with Crippen LogP contribution < -0.4 is 11.1 Å². The Balaban J connectivity index is 0.00000256. The molecule has 1 aromatic rings. The first-order chi connectivity index (χ1) is 7.63. The molecule has 3 nitrogen and oxygen atoms in total. The van der Waals surface area contributed by atoms with Gasteiger partial charge in [0.15, 0.2) is 0 Å². The van der Waals surface area contributed by atoms with E-state index in [4.69, 9.17) is 5.73 Å². The topological polar surface area (TPSA) is 55.1 Å². The number of carbonyl (C=O) groups excluding carboxylic acids is 1. The SMILES string of the molecule is CC(Cc1ccccc1Br)NC(=O)CCN.Cl. The number of halogens is 2. The Labute approximate surface area is 117 Å². The lowest BCUT2D eigenvalue weighted by molar-refractivity contribution is -0.121. The predicted molar refractivity (Wildman–Crippen MR) is 76.4 cm³/mol. The van der Waals surface area contributed by atoms with Crippen molar-refractivity contribution in [3.63, 3.8) is 0 Å². The van der Waals surface area contributed by atoms with E-state index in [2.05, 4.69) is 27.3 Å². The molecule has 3 N–H and O–H groups in total. The molecular weight excluding hydrogens is 304 g/mol. The number of carbonyl (C=O) groups is 1. The van der Waals surface area contributed by atoms with Gasteiger partial charge in [-0.25, -0.2) is 0 Å². The van der Waals surface area contributed by atoms with Crippen LogP contribution in [-0.2, 0) is 11.2 Å². The number of amides is 1. The molecule has 5 heteroatoms. The van der Waals surface area contributed by atoms with E-state index in [0.29, 0.717) is 13.0 Å². The first-order valence-corrected chi connectivity index (χ1v) is 6.15. The van der Waals surface area contributed by atoms with Crippen molar-refractivity contribution in [2.24, 2.45) is 5.73 Å². The van der Waals surface area contributed by atoms with Crippen molar-refractivity contribution < 1.29 is 4.79 Å². The third-order valence-electron chi connectivity index (χ3n) is 2.26. The van der Waals surface area contributed by atoms with Crippen LogP contribution in [-0.4, -0.2) is 18.5 Å². The summed E-state index contributed by atoms with van der Waals surface area (Å²) in [6.45, 7) is 2.39. The van der Waals surface area contributed by atoms with Crippen LogP contribution in [0.25, 0.3) is 0 Å². The number of nitrogens with one attached hydrogen (secondary N) is 1. The second-order valence-electron chi connectivity index (χ2n) is 3.80. The molecular formula is C12H18BrClN2O. The standard InChI is InChI=1S/C12H17BrN2O.ClH/c1-9(15-12(16)6-7-14)8-10-4-2-3-5-11(10)13;/h2-5,9H,6-8,14H2,1H3,(H,15,16);1H. The van der Waals surface area contributed by atoms with Gasteiger partial charge >= 0.3 is 0 Å². The quantitative estimate of drug-likeness (QED) is 0.874. The van der Waals surface area contributed by atoms with Crippen molar-refractivity contribution in [3.8, 4) is 0 Å². The highest BCUT2D eigenvalue weighted by Crippen LogP contribution is 2.17. The first kappa shape index (κ1) is 16.4. The normalized spacial score (nSPS) is 11.5. The lowest BCUT2D eigenvalue weighted by atomic mass is 10.1. The average molecular weight is 322 g/mol. The summed E-state index contributed by atoms with van der Waals surface area (Å²) >= 11 is 3.49. The zero-order valence-electron chi connectivity index (χ0n) is 9.78. The average Bonchev–Trinajstić information content (AvgIpc) is 2.21. The number of rotatable bonds is 5. The molecule has 0 aromatic heterocycles. The van der Waals surface area contributed by atoms with E-state index >= 15 is 0 Å². The maximum absolute atomic E-state index is 11.3. The van der Waals surface area contributed by atoms with Crippen LogP contribution in [0.15, 0.2) is 28.7 Å². The van der Waals surface area contributed by atoms with Gasteiger partial charge in [0.05, 0.1) is 0 Å². The molecule has 0 bridgehead atoms. The van der Waals surface area contributed by atoms with Crippen LogP contribution in [0, 0.1) is 0 Å². The zero-order chi connectivity index (χ0) is 12.0. The lowest BCUT2D eigenvalue weighted by Crippen LogP contribution is -2.35. The fraction of sp³-hybridized carbons (Fsp3) is 0.417. The Kier molecular flexibility index (Phi) is 8.21.